The van der Waals surface area contributed by atoms with Crippen molar-refractivity contribution in [3.05, 3.63) is 23.8 Å². The van der Waals surface area contributed by atoms with E-state index in [1.54, 1.807) is 12.1 Å². The molecule has 0 heterocycles. The van der Waals surface area contributed by atoms with E-state index in [1.807, 2.05) is 0 Å². The Hall–Kier alpha value is -1.55. The molecule has 1 rings (SSSR count). The van der Waals surface area contributed by atoms with Gasteiger partial charge in [-0.1, -0.05) is 13.8 Å². The summed E-state index contributed by atoms with van der Waals surface area (Å²) in [6.07, 6.45) is 1.82. The summed E-state index contributed by atoms with van der Waals surface area (Å²) >= 11 is 0. The number of aromatic hydroxyl groups is 1. The van der Waals surface area contributed by atoms with Crippen LogP contribution in [0.4, 0.5) is 5.69 Å². The molecule has 0 amide bonds. The molecule has 0 fully saturated rings. The molecule has 1 aromatic carbocycles. The maximum absolute atomic E-state index is 10.7. The number of phenolic OH excluding ortho intramolecular Hbond substituents is 1. The summed E-state index contributed by atoms with van der Waals surface area (Å²) in [6.45, 7) is 8.28. The molecule has 0 saturated carbocycles. The number of anilines is 1. The molecule has 2 N–H and O–H groups in total. The molecule has 100 valence electrons. The number of aldehydes is 1. The van der Waals surface area contributed by atoms with Crippen LogP contribution in [0.1, 0.15) is 30.6 Å². The molecular formula is C14H22N2O2. The Labute approximate surface area is 109 Å². The highest BCUT2D eigenvalue weighted by Crippen LogP contribution is 2.19. The van der Waals surface area contributed by atoms with Crippen molar-refractivity contribution in [2.75, 3.05) is 31.5 Å². The van der Waals surface area contributed by atoms with Gasteiger partial charge in [0, 0.05) is 18.8 Å². The predicted molar refractivity (Wildman–Crippen MR) is 74.4 cm³/mol. The second-order valence-corrected chi connectivity index (χ2v) is 4.25. The van der Waals surface area contributed by atoms with Crippen LogP contribution in [0.25, 0.3) is 0 Å². The molecule has 0 bridgehead atoms. The van der Waals surface area contributed by atoms with Gasteiger partial charge in [0.15, 0.2) is 6.29 Å². The largest absolute Gasteiger partial charge is 0.507 e. The van der Waals surface area contributed by atoms with E-state index in [1.165, 1.54) is 6.07 Å². The fraction of sp³-hybridized carbons (Fsp3) is 0.500. The number of nitrogens with zero attached hydrogens (tertiary/aromatic N) is 1. The first-order valence-corrected chi connectivity index (χ1v) is 6.45. The summed E-state index contributed by atoms with van der Waals surface area (Å²) in [5.41, 5.74) is 1.18. The second-order valence-electron chi connectivity index (χ2n) is 4.25. The van der Waals surface area contributed by atoms with E-state index < -0.39 is 0 Å². The SMILES string of the molecule is CCCN(CC)CCNc1ccc(O)c(C=O)c1. The smallest absolute Gasteiger partial charge is 0.153 e. The van der Waals surface area contributed by atoms with Crippen molar-refractivity contribution < 1.29 is 9.90 Å². The van der Waals surface area contributed by atoms with Gasteiger partial charge < -0.3 is 15.3 Å². The van der Waals surface area contributed by atoms with Gasteiger partial charge in [-0.05, 0) is 37.7 Å². The van der Waals surface area contributed by atoms with Crippen LogP contribution in [0, 0.1) is 0 Å². The molecular weight excluding hydrogens is 228 g/mol. The average molecular weight is 250 g/mol. The molecule has 0 aliphatic rings. The van der Waals surface area contributed by atoms with Crippen molar-refractivity contribution in [3.8, 4) is 5.75 Å². The van der Waals surface area contributed by atoms with Crippen molar-refractivity contribution in [1.29, 1.82) is 0 Å². The van der Waals surface area contributed by atoms with Crippen LogP contribution < -0.4 is 5.32 Å². The molecule has 0 atom stereocenters. The number of benzene rings is 1. The summed E-state index contributed by atoms with van der Waals surface area (Å²) in [5, 5.41) is 12.6. The van der Waals surface area contributed by atoms with E-state index in [0.717, 1.165) is 38.3 Å². The Balaban J connectivity index is 2.46. The lowest BCUT2D eigenvalue weighted by Crippen LogP contribution is -2.29. The van der Waals surface area contributed by atoms with Gasteiger partial charge >= 0.3 is 0 Å². The van der Waals surface area contributed by atoms with Crippen LogP contribution in [-0.2, 0) is 0 Å². The minimum atomic E-state index is 0.0247. The molecule has 4 nitrogen and oxygen atoms in total. The minimum Gasteiger partial charge on any atom is -0.507 e. The van der Waals surface area contributed by atoms with Gasteiger partial charge in [-0.2, -0.15) is 0 Å². The monoisotopic (exact) mass is 250 g/mol. The van der Waals surface area contributed by atoms with Gasteiger partial charge in [0.2, 0.25) is 0 Å². The minimum absolute atomic E-state index is 0.0247. The summed E-state index contributed by atoms with van der Waals surface area (Å²) in [7, 11) is 0. The maximum atomic E-state index is 10.7. The van der Waals surface area contributed by atoms with Gasteiger partial charge in [0.1, 0.15) is 5.75 Å². The lowest BCUT2D eigenvalue weighted by molar-refractivity contribution is 0.112. The molecule has 0 radical (unpaired) electrons. The van der Waals surface area contributed by atoms with Crippen LogP contribution in [0.3, 0.4) is 0 Å². The number of rotatable bonds is 8. The van der Waals surface area contributed by atoms with Gasteiger partial charge in [0.05, 0.1) is 5.56 Å². The standard InChI is InChI=1S/C14H22N2O2/c1-3-8-16(4-2)9-7-15-13-5-6-14(18)12(10-13)11-17/h5-6,10-11,15,18H,3-4,7-9H2,1-2H3. The van der Waals surface area contributed by atoms with Crippen LogP contribution >= 0.6 is 0 Å². The van der Waals surface area contributed by atoms with Crippen molar-refractivity contribution in [3.63, 3.8) is 0 Å². The van der Waals surface area contributed by atoms with Crippen molar-refractivity contribution >= 4 is 12.0 Å². The van der Waals surface area contributed by atoms with Gasteiger partial charge in [-0.3, -0.25) is 4.79 Å². The first kappa shape index (κ1) is 14.5. The van der Waals surface area contributed by atoms with Gasteiger partial charge in [0.25, 0.3) is 0 Å². The molecule has 18 heavy (non-hydrogen) atoms. The molecule has 0 aliphatic heterocycles. The van der Waals surface area contributed by atoms with Crippen molar-refractivity contribution in [2.24, 2.45) is 0 Å². The van der Waals surface area contributed by atoms with Crippen LogP contribution in [0.5, 0.6) is 5.75 Å². The highest BCUT2D eigenvalue weighted by molar-refractivity contribution is 5.81. The predicted octanol–water partition coefficient (Wildman–Crippen LogP) is 2.35. The van der Waals surface area contributed by atoms with E-state index in [4.69, 9.17) is 0 Å². The van der Waals surface area contributed by atoms with Crippen LogP contribution in [0.15, 0.2) is 18.2 Å². The Morgan fingerprint density at radius 2 is 2.11 bits per heavy atom. The van der Waals surface area contributed by atoms with Gasteiger partial charge in [-0.25, -0.2) is 0 Å². The number of hydrogen-bond donors (Lipinski definition) is 2. The molecule has 0 aliphatic carbocycles. The normalized spacial score (nSPS) is 10.6. The highest BCUT2D eigenvalue weighted by Gasteiger charge is 2.03. The first-order valence-electron chi connectivity index (χ1n) is 6.45. The zero-order valence-corrected chi connectivity index (χ0v) is 11.1. The van der Waals surface area contributed by atoms with E-state index >= 15 is 0 Å². The number of hydrogen-bond acceptors (Lipinski definition) is 4. The Kier molecular flexibility index (Phi) is 6.22. The molecule has 1 aromatic rings. The molecule has 0 saturated heterocycles. The third kappa shape index (κ3) is 4.37. The van der Waals surface area contributed by atoms with E-state index in [2.05, 4.69) is 24.1 Å². The molecule has 4 heteroatoms. The summed E-state index contributed by atoms with van der Waals surface area (Å²) in [4.78, 5) is 13.1. The summed E-state index contributed by atoms with van der Waals surface area (Å²) in [6, 6.07) is 4.98. The second kappa shape index (κ2) is 7.71. The zero-order chi connectivity index (χ0) is 13.4. The highest BCUT2D eigenvalue weighted by atomic mass is 16.3. The number of phenols is 1. The summed E-state index contributed by atoms with van der Waals surface area (Å²) < 4.78 is 0. The quantitative estimate of drug-likeness (QED) is 0.549. The number of nitrogens with one attached hydrogen (secondary N) is 1. The van der Waals surface area contributed by atoms with E-state index in [0.29, 0.717) is 11.8 Å². The molecule has 0 aromatic heterocycles. The molecule has 0 unspecified atom stereocenters. The fourth-order valence-corrected chi connectivity index (χ4v) is 1.86. The zero-order valence-electron chi connectivity index (χ0n) is 11.1. The molecule has 0 spiro atoms. The summed E-state index contributed by atoms with van der Waals surface area (Å²) in [5.74, 6) is 0.0247. The fourth-order valence-electron chi connectivity index (χ4n) is 1.86. The lowest BCUT2D eigenvalue weighted by Gasteiger charge is -2.20. The third-order valence-corrected chi connectivity index (χ3v) is 2.90. The number of likely N-dealkylation sites (N-methyl/N-ethyl adjacent to an activating group) is 1. The maximum Gasteiger partial charge on any atom is 0.153 e. The third-order valence-electron chi connectivity index (χ3n) is 2.90. The average Bonchev–Trinajstić information content (AvgIpc) is 2.39. The Morgan fingerprint density at radius 3 is 2.72 bits per heavy atom. The van der Waals surface area contributed by atoms with Crippen LogP contribution in [-0.4, -0.2) is 42.5 Å². The van der Waals surface area contributed by atoms with Crippen molar-refractivity contribution in [1.82, 2.24) is 4.90 Å². The first-order chi connectivity index (χ1) is 8.71. The van der Waals surface area contributed by atoms with E-state index in [9.17, 15) is 9.90 Å². The Morgan fingerprint density at radius 1 is 1.33 bits per heavy atom. The van der Waals surface area contributed by atoms with Crippen LogP contribution in [0.2, 0.25) is 0 Å². The Bertz CT molecular complexity index is 380. The topological polar surface area (TPSA) is 52.6 Å². The van der Waals surface area contributed by atoms with E-state index in [-0.39, 0.29) is 5.75 Å². The number of carbonyl (C=O) groups is 1. The number of carbonyl (C=O) groups excluding carboxylic acids is 1. The lowest BCUT2D eigenvalue weighted by atomic mass is 10.2. The van der Waals surface area contributed by atoms with Crippen molar-refractivity contribution in [2.45, 2.75) is 20.3 Å². The van der Waals surface area contributed by atoms with Gasteiger partial charge in [-0.15, -0.1) is 0 Å².